The molecule has 0 aromatic heterocycles. The summed E-state index contributed by atoms with van der Waals surface area (Å²) in [6, 6.07) is 6.34. The highest BCUT2D eigenvalue weighted by Gasteiger charge is 2.48. The fraction of sp³-hybridized carbons (Fsp3) is 0.565. The number of amides is 2. The molecule has 0 bridgehead atoms. The maximum absolute atomic E-state index is 12.4. The zero-order valence-corrected chi connectivity index (χ0v) is 20.1. The number of likely N-dealkylation sites (tertiary alicyclic amines) is 1. The summed E-state index contributed by atoms with van der Waals surface area (Å²) < 4.78 is 11.2. The maximum atomic E-state index is 12.4. The maximum Gasteiger partial charge on any atom is 0.318 e. The van der Waals surface area contributed by atoms with Crippen molar-refractivity contribution in [2.45, 2.75) is 30.7 Å². The molecule has 1 aromatic carbocycles. The van der Waals surface area contributed by atoms with E-state index in [1.165, 1.54) is 11.1 Å². The van der Waals surface area contributed by atoms with E-state index in [-0.39, 0.29) is 17.5 Å². The van der Waals surface area contributed by atoms with Crippen molar-refractivity contribution in [1.82, 2.24) is 15.1 Å². The first-order valence-electron chi connectivity index (χ1n) is 11.2. The van der Waals surface area contributed by atoms with Gasteiger partial charge in [0.25, 0.3) is 0 Å². The monoisotopic (exact) mass is 477 g/mol. The van der Waals surface area contributed by atoms with Crippen molar-refractivity contribution in [2.24, 2.45) is 10.7 Å². The molecule has 2 saturated heterocycles. The highest BCUT2D eigenvalue weighted by molar-refractivity contribution is 7.84. The zero-order valence-electron chi connectivity index (χ0n) is 18.6. The molecule has 2 aliphatic heterocycles. The predicted octanol–water partition coefficient (Wildman–Crippen LogP) is 2.44. The average Bonchev–Trinajstić information content (AvgIpc) is 3.33. The number of hydrogen-bond donors (Lipinski definition) is 2. The van der Waals surface area contributed by atoms with Crippen LogP contribution in [0.15, 0.2) is 35.0 Å². The zero-order chi connectivity index (χ0) is 22.7. The molecule has 3 N–H and O–H groups in total. The Bertz CT molecular complexity index is 942. The summed E-state index contributed by atoms with van der Waals surface area (Å²) in [7, 11) is -0.833. The van der Waals surface area contributed by atoms with Gasteiger partial charge in [0.1, 0.15) is 0 Å². The summed E-state index contributed by atoms with van der Waals surface area (Å²) in [6.45, 7) is 4.68. The Hall–Kier alpha value is -1.90. The predicted molar refractivity (Wildman–Crippen MR) is 131 cm³/mol. The van der Waals surface area contributed by atoms with Crippen LogP contribution in [0.25, 0.3) is 0 Å². The van der Waals surface area contributed by atoms with Gasteiger partial charge in [0.05, 0.1) is 12.6 Å². The Balaban J connectivity index is 1.44. The van der Waals surface area contributed by atoms with E-state index in [1.807, 2.05) is 17.2 Å². The number of fused-ring (bicyclic) bond motifs is 2. The molecule has 1 aliphatic carbocycles. The molecule has 2 fully saturated rings. The van der Waals surface area contributed by atoms with E-state index >= 15 is 0 Å². The van der Waals surface area contributed by atoms with Crippen molar-refractivity contribution in [3.05, 3.63) is 46.1 Å². The topological polar surface area (TPSA) is 91.0 Å². The fourth-order valence-corrected chi connectivity index (χ4v) is 5.84. The van der Waals surface area contributed by atoms with Crippen LogP contribution in [0.2, 0.25) is 5.02 Å². The second-order valence-corrected chi connectivity index (χ2v) is 11.0. The molecule has 7 nitrogen and oxygen atoms in total. The van der Waals surface area contributed by atoms with Crippen LogP contribution in [0.1, 0.15) is 36.4 Å². The number of nitrogens with two attached hydrogens (primary N) is 1. The first-order chi connectivity index (χ1) is 15.4. The third kappa shape index (κ3) is 4.87. The molecule has 1 spiro atoms. The molecule has 3 aliphatic rings. The number of benzene rings is 1. The van der Waals surface area contributed by atoms with Crippen LogP contribution in [0.5, 0.6) is 0 Å². The molecule has 2 unspecified atom stereocenters. The second-order valence-electron chi connectivity index (χ2n) is 8.99. The van der Waals surface area contributed by atoms with Gasteiger partial charge >= 0.3 is 6.03 Å². The summed E-state index contributed by atoms with van der Waals surface area (Å²) >= 11 is 6.40. The largest absolute Gasteiger partial charge is 0.404 e. The Morgan fingerprint density at radius 2 is 2.16 bits per heavy atom. The van der Waals surface area contributed by atoms with E-state index in [4.69, 9.17) is 17.3 Å². The van der Waals surface area contributed by atoms with Gasteiger partial charge in [-0.25, -0.2) is 4.79 Å². The number of nitrogens with zero attached hydrogens (tertiary/aromatic N) is 3. The van der Waals surface area contributed by atoms with E-state index in [1.54, 1.807) is 12.5 Å². The van der Waals surface area contributed by atoms with Crippen LogP contribution in [0, 0.1) is 0 Å². The van der Waals surface area contributed by atoms with E-state index < -0.39 is 10.8 Å². The number of urea groups is 1. The van der Waals surface area contributed by atoms with Gasteiger partial charge in [-0.1, -0.05) is 17.7 Å². The van der Waals surface area contributed by atoms with Gasteiger partial charge in [-0.3, -0.25) is 14.1 Å². The van der Waals surface area contributed by atoms with Crippen LogP contribution >= 0.6 is 11.6 Å². The summed E-state index contributed by atoms with van der Waals surface area (Å²) in [5.74, 6) is 0.568. The molecular weight excluding hydrogens is 446 g/mol. The minimum atomic E-state index is -0.833. The average molecular weight is 478 g/mol. The first-order valence-corrected chi connectivity index (χ1v) is 13.3. The number of carbonyl (C=O) groups excluding carboxylic acids is 1. The quantitative estimate of drug-likeness (QED) is 0.590. The number of aliphatic imine (C=N–C) groups is 1. The molecule has 32 heavy (non-hydrogen) atoms. The Labute approximate surface area is 197 Å². The van der Waals surface area contributed by atoms with Crippen molar-refractivity contribution in [1.29, 1.82) is 0 Å². The van der Waals surface area contributed by atoms with Gasteiger partial charge in [-0.2, -0.15) is 0 Å². The van der Waals surface area contributed by atoms with Crippen LogP contribution in [-0.4, -0.2) is 77.5 Å². The van der Waals surface area contributed by atoms with E-state index in [9.17, 15) is 9.00 Å². The first kappa shape index (κ1) is 23.3. The minimum Gasteiger partial charge on any atom is -0.404 e. The Morgan fingerprint density at radius 3 is 2.81 bits per heavy atom. The summed E-state index contributed by atoms with van der Waals surface area (Å²) in [5.41, 5.74) is 9.43. The molecule has 174 valence electrons. The summed E-state index contributed by atoms with van der Waals surface area (Å²) in [6.07, 6.45) is 8.12. The summed E-state index contributed by atoms with van der Waals surface area (Å²) in [5, 5.41) is 3.71. The van der Waals surface area contributed by atoms with Crippen LogP contribution in [0.3, 0.4) is 0 Å². The van der Waals surface area contributed by atoms with E-state index in [2.05, 4.69) is 27.3 Å². The standard InChI is InChI=1S/C23H32ClN5O2S/c1-32(31)11-7-26-15-17(14-25)16-28-8-4-23(5-9-28)13-21(29-10-6-27-22(29)30)19-3-2-18(24)12-20(19)23/h2-3,12,14-15,21H,4-11,13,16,25H2,1H3,(H,27,30). The highest BCUT2D eigenvalue weighted by Crippen LogP contribution is 2.53. The third-order valence-corrected chi connectivity index (χ3v) is 7.99. The lowest BCUT2D eigenvalue weighted by Gasteiger charge is -2.40. The highest BCUT2D eigenvalue weighted by atomic mass is 35.5. The fourth-order valence-electron chi connectivity index (χ4n) is 5.30. The number of rotatable bonds is 7. The van der Waals surface area contributed by atoms with Crippen LogP contribution < -0.4 is 11.1 Å². The molecule has 2 amide bonds. The van der Waals surface area contributed by atoms with Crippen LogP contribution in [0.4, 0.5) is 4.79 Å². The number of hydrogen-bond acceptors (Lipinski definition) is 5. The number of nitrogens with one attached hydrogen (secondary N) is 1. The smallest absolute Gasteiger partial charge is 0.318 e. The molecule has 4 rings (SSSR count). The second kappa shape index (κ2) is 9.93. The van der Waals surface area contributed by atoms with E-state index in [0.717, 1.165) is 56.0 Å². The molecule has 2 heterocycles. The van der Waals surface area contributed by atoms with Gasteiger partial charge in [0.2, 0.25) is 0 Å². The van der Waals surface area contributed by atoms with Crippen LogP contribution in [-0.2, 0) is 16.2 Å². The van der Waals surface area contributed by atoms with Gasteiger partial charge in [-0.05, 0) is 67.4 Å². The lowest BCUT2D eigenvalue weighted by molar-refractivity contribution is 0.144. The molecule has 0 saturated carbocycles. The third-order valence-electron chi connectivity index (χ3n) is 6.99. The van der Waals surface area contributed by atoms with Gasteiger partial charge in [0.15, 0.2) is 0 Å². The molecule has 9 heteroatoms. The van der Waals surface area contributed by atoms with Crippen molar-refractivity contribution in [2.75, 3.05) is 51.3 Å². The molecular formula is C23H32ClN5O2S. The normalized spacial score (nSPS) is 24.3. The lowest BCUT2D eigenvalue weighted by atomic mass is 9.73. The van der Waals surface area contributed by atoms with Crippen molar-refractivity contribution < 1.29 is 9.00 Å². The number of halogens is 1. The van der Waals surface area contributed by atoms with E-state index in [0.29, 0.717) is 18.8 Å². The van der Waals surface area contributed by atoms with Crippen molar-refractivity contribution >= 4 is 34.6 Å². The Kier molecular flexibility index (Phi) is 7.22. The van der Waals surface area contributed by atoms with Crippen molar-refractivity contribution in [3.63, 3.8) is 0 Å². The summed E-state index contributed by atoms with van der Waals surface area (Å²) in [4.78, 5) is 21.2. The lowest BCUT2D eigenvalue weighted by Crippen LogP contribution is -2.43. The molecule has 1 aromatic rings. The minimum absolute atomic E-state index is 0.0364. The van der Waals surface area contributed by atoms with Gasteiger partial charge < -0.3 is 16.0 Å². The van der Waals surface area contributed by atoms with Crippen molar-refractivity contribution in [3.8, 4) is 0 Å². The molecule has 0 radical (unpaired) electrons. The van der Waals surface area contributed by atoms with Gasteiger partial charge in [-0.15, -0.1) is 0 Å². The number of piperidine rings is 1. The number of carbonyl (C=O) groups is 1. The van der Waals surface area contributed by atoms with Gasteiger partial charge in [0, 0.05) is 59.1 Å². The molecule has 2 atom stereocenters. The Morgan fingerprint density at radius 1 is 1.38 bits per heavy atom. The SMILES string of the molecule is CS(=O)CCN=CC(=CN)CN1CCC2(CC1)CC(N1CCNC1=O)c1ccc(Cl)cc12.